The average Bonchev–Trinajstić information content (AvgIpc) is 3.26. The van der Waals surface area contributed by atoms with E-state index in [9.17, 15) is 0 Å². The Kier molecular flexibility index (Phi) is 7.67. The number of thiazole rings is 1. The first-order valence-corrected chi connectivity index (χ1v) is 12.0. The second-order valence-electron chi connectivity index (χ2n) is 7.64. The summed E-state index contributed by atoms with van der Waals surface area (Å²) in [7, 11) is 1.60. The van der Waals surface area contributed by atoms with Gasteiger partial charge in [0.2, 0.25) is 0 Å². The predicted octanol–water partition coefficient (Wildman–Crippen LogP) is 6.47. The minimum atomic E-state index is 0.566. The summed E-state index contributed by atoms with van der Waals surface area (Å²) in [6.07, 6.45) is 5.12. The van der Waals surface area contributed by atoms with Crippen LogP contribution in [0.15, 0.2) is 47.8 Å². The molecule has 7 heteroatoms. The Hall–Kier alpha value is -2.28. The summed E-state index contributed by atoms with van der Waals surface area (Å²) in [4.78, 5) is 7.24. The summed E-state index contributed by atoms with van der Waals surface area (Å²) < 4.78 is 11.1. The average molecular weight is 458 g/mol. The van der Waals surface area contributed by atoms with E-state index in [4.69, 9.17) is 26.1 Å². The van der Waals surface area contributed by atoms with E-state index in [1.165, 1.54) is 32.4 Å². The topological polar surface area (TPSA) is 46.6 Å². The van der Waals surface area contributed by atoms with Gasteiger partial charge >= 0.3 is 0 Å². The lowest BCUT2D eigenvalue weighted by atomic mass is 10.1. The van der Waals surface area contributed by atoms with Gasteiger partial charge in [0.25, 0.3) is 0 Å². The van der Waals surface area contributed by atoms with Crippen LogP contribution < -0.4 is 14.8 Å². The highest BCUT2D eigenvalue weighted by Crippen LogP contribution is 2.31. The van der Waals surface area contributed by atoms with Crippen LogP contribution in [0.1, 0.15) is 25.7 Å². The molecular formula is C24H28ClN3O2S. The van der Waals surface area contributed by atoms with E-state index in [2.05, 4.69) is 22.3 Å². The van der Waals surface area contributed by atoms with Crippen molar-refractivity contribution in [2.75, 3.05) is 38.7 Å². The van der Waals surface area contributed by atoms with Crippen molar-refractivity contribution in [3.63, 3.8) is 0 Å². The van der Waals surface area contributed by atoms with E-state index in [-0.39, 0.29) is 0 Å². The number of hydrogen-bond donors (Lipinski definition) is 1. The van der Waals surface area contributed by atoms with Gasteiger partial charge in [0.05, 0.1) is 24.4 Å². The van der Waals surface area contributed by atoms with Gasteiger partial charge in [0.15, 0.2) is 5.13 Å². The SMILES string of the molecule is COc1ccc(Nc2nc(-c3ccc(OCCCN4CCCCC4)cc3)cs2)cc1Cl. The third kappa shape index (κ3) is 6.12. The molecule has 2 heterocycles. The Morgan fingerprint density at radius 1 is 1.10 bits per heavy atom. The molecule has 0 aliphatic carbocycles. The summed E-state index contributed by atoms with van der Waals surface area (Å²) in [5, 5.41) is 6.72. The van der Waals surface area contributed by atoms with Crippen LogP contribution in [0.25, 0.3) is 11.3 Å². The molecule has 0 spiro atoms. The van der Waals surface area contributed by atoms with Crippen LogP contribution in [0.4, 0.5) is 10.8 Å². The number of nitrogens with zero attached hydrogens (tertiary/aromatic N) is 2. The van der Waals surface area contributed by atoms with Crippen molar-refractivity contribution in [2.45, 2.75) is 25.7 Å². The Bertz CT molecular complexity index is 971. The molecule has 31 heavy (non-hydrogen) atoms. The van der Waals surface area contributed by atoms with E-state index in [1.54, 1.807) is 18.4 Å². The first kappa shape index (κ1) is 21.9. The first-order valence-electron chi connectivity index (χ1n) is 10.7. The van der Waals surface area contributed by atoms with Gasteiger partial charge in [-0.15, -0.1) is 11.3 Å². The minimum absolute atomic E-state index is 0.566. The Morgan fingerprint density at radius 2 is 1.90 bits per heavy atom. The fraction of sp³-hybridized carbons (Fsp3) is 0.375. The van der Waals surface area contributed by atoms with Crippen molar-refractivity contribution in [3.8, 4) is 22.8 Å². The third-order valence-corrected chi connectivity index (χ3v) is 6.45. The fourth-order valence-electron chi connectivity index (χ4n) is 3.71. The quantitative estimate of drug-likeness (QED) is 0.373. The van der Waals surface area contributed by atoms with Crippen LogP contribution in [-0.4, -0.2) is 43.2 Å². The second-order valence-corrected chi connectivity index (χ2v) is 8.91. The molecule has 1 N–H and O–H groups in total. The minimum Gasteiger partial charge on any atom is -0.495 e. The summed E-state index contributed by atoms with van der Waals surface area (Å²) in [6.45, 7) is 4.37. The van der Waals surface area contributed by atoms with Crippen molar-refractivity contribution in [2.24, 2.45) is 0 Å². The number of nitrogens with one attached hydrogen (secondary N) is 1. The van der Waals surface area contributed by atoms with Gasteiger partial charge in [0, 0.05) is 23.2 Å². The Morgan fingerprint density at radius 3 is 2.65 bits per heavy atom. The largest absolute Gasteiger partial charge is 0.495 e. The van der Waals surface area contributed by atoms with Crippen molar-refractivity contribution < 1.29 is 9.47 Å². The smallest absolute Gasteiger partial charge is 0.187 e. The number of likely N-dealkylation sites (tertiary alicyclic amines) is 1. The lowest BCUT2D eigenvalue weighted by Crippen LogP contribution is -2.31. The molecule has 3 aromatic rings. The number of piperidine rings is 1. The third-order valence-electron chi connectivity index (χ3n) is 5.39. The highest BCUT2D eigenvalue weighted by atomic mass is 35.5. The van der Waals surface area contributed by atoms with Crippen LogP contribution >= 0.6 is 22.9 Å². The molecule has 2 aromatic carbocycles. The number of halogens is 1. The van der Waals surface area contributed by atoms with Crippen molar-refractivity contribution >= 4 is 33.8 Å². The zero-order chi connectivity index (χ0) is 21.5. The first-order chi connectivity index (χ1) is 15.2. The summed E-state index contributed by atoms with van der Waals surface area (Å²) >= 11 is 7.76. The van der Waals surface area contributed by atoms with Crippen LogP contribution in [0.2, 0.25) is 5.02 Å². The van der Waals surface area contributed by atoms with E-state index in [0.29, 0.717) is 10.8 Å². The van der Waals surface area contributed by atoms with Crippen molar-refractivity contribution in [3.05, 3.63) is 52.9 Å². The van der Waals surface area contributed by atoms with Gasteiger partial charge in [-0.05, 0) is 74.8 Å². The molecule has 4 rings (SSSR count). The molecule has 0 amide bonds. The number of ether oxygens (including phenoxy) is 2. The van der Waals surface area contributed by atoms with E-state index in [1.807, 2.05) is 35.7 Å². The molecule has 1 aliphatic heterocycles. The van der Waals surface area contributed by atoms with Crippen molar-refractivity contribution in [1.29, 1.82) is 0 Å². The number of aromatic nitrogens is 1. The molecule has 5 nitrogen and oxygen atoms in total. The molecule has 1 aromatic heterocycles. The highest BCUT2D eigenvalue weighted by molar-refractivity contribution is 7.14. The zero-order valence-electron chi connectivity index (χ0n) is 17.8. The molecule has 1 fully saturated rings. The maximum atomic E-state index is 6.20. The van der Waals surface area contributed by atoms with Gasteiger partial charge in [0.1, 0.15) is 11.5 Å². The van der Waals surface area contributed by atoms with Crippen LogP contribution in [-0.2, 0) is 0 Å². The molecular weight excluding hydrogens is 430 g/mol. The lowest BCUT2D eigenvalue weighted by molar-refractivity contribution is 0.205. The molecule has 1 aliphatic rings. The van der Waals surface area contributed by atoms with Gasteiger partial charge < -0.3 is 19.7 Å². The monoisotopic (exact) mass is 457 g/mol. The van der Waals surface area contributed by atoms with E-state index in [0.717, 1.165) is 47.4 Å². The highest BCUT2D eigenvalue weighted by Gasteiger charge is 2.10. The summed E-state index contributed by atoms with van der Waals surface area (Å²) in [5.74, 6) is 1.56. The van der Waals surface area contributed by atoms with Gasteiger partial charge in [-0.3, -0.25) is 0 Å². The number of anilines is 2. The molecule has 1 saturated heterocycles. The van der Waals surface area contributed by atoms with Crippen LogP contribution in [0.3, 0.4) is 0 Å². The fourth-order valence-corrected chi connectivity index (χ4v) is 4.71. The number of benzene rings is 2. The molecule has 0 bridgehead atoms. The van der Waals surface area contributed by atoms with E-state index < -0.39 is 0 Å². The second kappa shape index (κ2) is 10.8. The van der Waals surface area contributed by atoms with Crippen molar-refractivity contribution in [1.82, 2.24) is 9.88 Å². The number of hydrogen-bond acceptors (Lipinski definition) is 6. The standard InChI is InChI=1S/C24H28ClN3O2S/c1-29-23-11-8-19(16-21(23)25)26-24-27-22(17-31-24)18-6-9-20(10-7-18)30-15-5-14-28-12-3-2-4-13-28/h6-11,16-17H,2-5,12-15H2,1H3,(H,26,27). The normalized spacial score (nSPS) is 14.4. The summed E-state index contributed by atoms with van der Waals surface area (Å²) in [6, 6.07) is 13.7. The maximum absolute atomic E-state index is 6.20. The summed E-state index contributed by atoms with van der Waals surface area (Å²) in [5.41, 5.74) is 2.88. The molecule has 0 atom stereocenters. The molecule has 0 radical (unpaired) electrons. The maximum Gasteiger partial charge on any atom is 0.187 e. The molecule has 164 valence electrons. The molecule has 0 unspecified atom stereocenters. The zero-order valence-corrected chi connectivity index (χ0v) is 19.3. The van der Waals surface area contributed by atoms with E-state index >= 15 is 0 Å². The number of rotatable bonds is 9. The van der Waals surface area contributed by atoms with Gasteiger partial charge in [-0.2, -0.15) is 0 Å². The number of methoxy groups -OCH3 is 1. The van der Waals surface area contributed by atoms with Gasteiger partial charge in [-0.1, -0.05) is 18.0 Å². The van der Waals surface area contributed by atoms with Crippen LogP contribution in [0.5, 0.6) is 11.5 Å². The van der Waals surface area contributed by atoms with Gasteiger partial charge in [-0.25, -0.2) is 4.98 Å². The lowest BCUT2D eigenvalue weighted by Gasteiger charge is -2.26. The Labute approximate surface area is 193 Å². The molecule has 0 saturated carbocycles. The van der Waals surface area contributed by atoms with Crippen LogP contribution in [0, 0.1) is 0 Å². The Balaban J connectivity index is 1.28. The predicted molar refractivity (Wildman–Crippen MR) is 129 cm³/mol.